The highest BCUT2D eigenvalue weighted by molar-refractivity contribution is 9.09. The van der Waals surface area contributed by atoms with Crippen molar-refractivity contribution in [3.05, 3.63) is 34.9 Å². The summed E-state index contributed by atoms with van der Waals surface area (Å²) < 4.78 is 14.6. The number of hydrogen-bond acceptors (Lipinski definition) is 2. The first-order valence-electron chi connectivity index (χ1n) is 14.8. The van der Waals surface area contributed by atoms with Crippen molar-refractivity contribution in [2.24, 2.45) is 22.7 Å². The normalized spacial score (nSPS) is 36.7. The quantitative estimate of drug-likeness (QED) is 0.176. The van der Waals surface area contributed by atoms with E-state index in [0.717, 1.165) is 18.2 Å². The summed E-state index contributed by atoms with van der Waals surface area (Å²) in [6.07, 6.45) is 13.9. The maximum absolute atomic E-state index is 7.46. The monoisotopic (exact) mass is 606 g/mol. The fourth-order valence-electron chi connectivity index (χ4n) is 7.27. The minimum Gasteiger partial charge on any atom is -0.414 e. The van der Waals surface area contributed by atoms with Gasteiger partial charge in [-0.1, -0.05) is 106 Å². The van der Waals surface area contributed by atoms with Gasteiger partial charge >= 0.3 is 0 Å². The average Bonchev–Trinajstić information content (AvgIpc) is 3.09. The van der Waals surface area contributed by atoms with Crippen molar-refractivity contribution < 1.29 is 8.85 Å². The molecule has 6 atom stereocenters. The minimum atomic E-state index is -1.96. The number of allylic oxidation sites excluding steroid dienone is 5. The predicted molar refractivity (Wildman–Crippen MR) is 168 cm³/mol. The molecule has 0 radical (unpaired) electrons. The van der Waals surface area contributed by atoms with E-state index in [1.807, 2.05) is 0 Å². The van der Waals surface area contributed by atoms with Gasteiger partial charge in [-0.15, -0.1) is 0 Å². The van der Waals surface area contributed by atoms with Gasteiger partial charge in [0.2, 0.25) is 0 Å². The van der Waals surface area contributed by atoms with Gasteiger partial charge in [0.1, 0.15) is 0 Å². The molecular formula is C32H55BrO2Si2. The number of rotatable bonds is 5. The lowest BCUT2D eigenvalue weighted by Gasteiger charge is -2.59. The lowest BCUT2D eigenvalue weighted by Crippen LogP contribution is -2.58. The van der Waals surface area contributed by atoms with E-state index < -0.39 is 16.6 Å². The Morgan fingerprint density at radius 1 is 0.919 bits per heavy atom. The van der Waals surface area contributed by atoms with E-state index in [1.165, 1.54) is 19.3 Å². The zero-order chi connectivity index (χ0) is 27.8. The molecule has 0 spiro atoms. The van der Waals surface area contributed by atoms with Crippen molar-refractivity contribution in [1.29, 1.82) is 0 Å². The maximum Gasteiger partial charge on any atom is 0.192 e. The summed E-state index contributed by atoms with van der Waals surface area (Å²) in [5.74, 6) is 1.22. The van der Waals surface area contributed by atoms with Gasteiger partial charge in [0, 0.05) is 10.7 Å². The second-order valence-electron chi connectivity index (χ2n) is 16.1. The Morgan fingerprint density at radius 3 is 2.08 bits per heavy atom. The second-order valence-corrected chi connectivity index (χ2v) is 26.2. The molecule has 2 fully saturated rings. The largest absolute Gasteiger partial charge is 0.414 e. The first kappa shape index (κ1) is 30.0. The molecule has 37 heavy (non-hydrogen) atoms. The first-order valence-corrected chi connectivity index (χ1v) is 21.7. The maximum atomic E-state index is 7.46. The minimum absolute atomic E-state index is 0.0609. The Bertz CT molecular complexity index is 995. The highest BCUT2D eigenvalue weighted by Crippen LogP contribution is 2.64. The number of fused-ring (bicyclic) bond motifs is 5. The molecule has 4 aliphatic carbocycles. The van der Waals surface area contributed by atoms with Crippen LogP contribution in [0.5, 0.6) is 0 Å². The lowest BCUT2D eigenvalue weighted by atomic mass is 9.50. The van der Waals surface area contributed by atoms with E-state index in [4.69, 9.17) is 8.85 Å². The van der Waals surface area contributed by atoms with Crippen molar-refractivity contribution in [3.8, 4) is 0 Å². The molecule has 0 bridgehead atoms. The zero-order valence-electron chi connectivity index (χ0n) is 26.0. The Balaban J connectivity index is 1.74. The first-order chi connectivity index (χ1) is 16.8. The summed E-state index contributed by atoms with van der Waals surface area (Å²) >= 11 is 3.81. The molecule has 2 unspecified atom stereocenters. The van der Waals surface area contributed by atoms with E-state index in [0.29, 0.717) is 17.3 Å². The van der Waals surface area contributed by atoms with Crippen LogP contribution in [0.1, 0.15) is 87.5 Å². The summed E-state index contributed by atoms with van der Waals surface area (Å²) in [5, 5.41) is 1.42. The Hall–Kier alpha value is 0.0538. The van der Waals surface area contributed by atoms with Crippen molar-refractivity contribution in [3.63, 3.8) is 0 Å². The van der Waals surface area contributed by atoms with Gasteiger partial charge < -0.3 is 8.85 Å². The molecule has 0 aromatic heterocycles. The van der Waals surface area contributed by atoms with Gasteiger partial charge in [0.15, 0.2) is 16.6 Å². The number of hydrogen-bond donors (Lipinski definition) is 0. The van der Waals surface area contributed by atoms with Crippen LogP contribution < -0.4 is 0 Å². The fraction of sp³-hybridized carbons (Fsp3) is 0.812. The molecule has 210 valence electrons. The zero-order valence-corrected chi connectivity index (χ0v) is 29.6. The standard InChI is InChI=1S/C32H55BrO2Si2/c1-29(2,3)36(9,10)34-24-19-22-13-15-25-26-16-14-23(21-33)31(26,7)18-17-27(25)32(22,8)28(20-24)35-37(11,12)30(4,5)6/h13-15,24,26-28H,16-21H2,1-12H3/t24?,26-,27-,28?,31+,32-/m0/s1. The molecule has 0 amide bonds. The molecule has 0 aromatic rings. The van der Waals surface area contributed by atoms with Crippen LogP contribution >= 0.6 is 15.9 Å². The van der Waals surface area contributed by atoms with E-state index in [-0.39, 0.29) is 27.7 Å². The highest BCUT2D eigenvalue weighted by Gasteiger charge is 2.59. The predicted octanol–water partition coefficient (Wildman–Crippen LogP) is 10.2. The Labute approximate surface area is 239 Å². The summed E-state index contributed by atoms with van der Waals surface area (Å²) in [5.41, 5.74) is 5.30. The molecule has 4 aliphatic rings. The average molecular weight is 608 g/mol. The molecule has 0 aliphatic heterocycles. The molecule has 2 nitrogen and oxygen atoms in total. The molecule has 0 saturated heterocycles. The smallest absolute Gasteiger partial charge is 0.192 e. The molecular weight excluding hydrogens is 552 g/mol. The van der Waals surface area contributed by atoms with E-state index >= 15 is 0 Å². The Morgan fingerprint density at radius 2 is 1.51 bits per heavy atom. The third-order valence-electron chi connectivity index (χ3n) is 12.0. The van der Waals surface area contributed by atoms with Crippen LogP contribution in [0.2, 0.25) is 36.3 Å². The van der Waals surface area contributed by atoms with E-state index in [9.17, 15) is 0 Å². The topological polar surface area (TPSA) is 18.5 Å². The molecule has 4 rings (SSSR count). The van der Waals surface area contributed by atoms with Crippen molar-refractivity contribution in [2.75, 3.05) is 5.33 Å². The third-order valence-corrected chi connectivity index (χ3v) is 21.6. The van der Waals surface area contributed by atoms with Gasteiger partial charge in [-0.2, -0.15) is 0 Å². The molecule has 0 heterocycles. The van der Waals surface area contributed by atoms with E-state index in [2.05, 4.69) is 116 Å². The van der Waals surface area contributed by atoms with Crippen LogP contribution in [-0.4, -0.2) is 34.2 Å². The van der Waals surface area contributed by atoms with Gasteiger partial charge in [0.25, 0.3) is 0 Å². The third kappa shape index (κ3) is 4.93. The SMILES string of the molecule is CC(C)(C)[Si](C)(C)OC1CC2=CC=C3[C@@H]4CC=C(CBr)[C@@]4(C)CC[C@@H]3[C@@]2(C)C(O[Si](C)(C)C(C)(C)C)C1. The molecule has 5 heteroatoms. The van der Waals surface area contributed by atoms with Crippen molar-refractivity contribution >= 4 is 32.6 Å². The fourth-order valence-corrected chi connectivity index (χ4v) is 10.9. The van der Waals surface area contributed by atoms with Crippen LogP contribution in [0, 0.1) is 22.7 Å². The summed E-state index contributed by atoms with van der Waals surface area (Å²) in [6.45, 7) is 29.1. The number of halogens is 1. The van der Waals surface area contributed by atoms with Crippen molar-refractivity contribution in [2.45, 2.75) is 136 Å². The lowest BCUT2D eigenvalue weighted by molar-refractivity contribution is -0.0385. The summed E-state index contributed by atoms with van der Waals surface area (Å²) in [7, 11) is -3.83. The van der Waals surface area contributed by atoms with Crippen LogP contribution in [-0.2, 0) is 8.85 Å². The van der Waals surface area contributed by atoms with Crippen LogP contribution in [0.15, 0.2) is 34.9 Å². The van der Waals surface area contributed by atoms with Crippen LogP contribution in [0.25, 0.3) is 0 Å². The van der Waals surface area contributed by atoms with Crippen LogP contribution in [0.3, 0.4) is 0 Å². The van der Waals surface area contributed by atoms with Gasteiger partial charge in [-0.05, 0) is 85.6 Å². The van der Waals surface area contributed by atoms with Crippen LogP contribution in [0.4, 0.5) is 0 Å². The van der Waals surface area contributed by atoms with Gasteiger partial charge in [-0.25, -0.2) is 0 Å². The summed E-state index contributed by atoms with van der Waals surface area (Å²) in [4.78, 5) is 0. The Kier molecular flexibility index (Phi) is 7.76. The molecule has 0 N–H and O–H groups in total. The molecule has 2 saturated carbocycles. The number of alkyl halides is 1. The van der Waals surface area contributed by atoms with Gasteiger partial charge in [0.05, 0.1) is 12.2 Å². The second kappa shape index (κ2) is 9.57. The van der Waals surface area contributed by atoms with E-state index in [1.54, 1.807) is 16.7 Å². The highest BCUT2D eigenvalue weighted by atomic mass is 79.9. The molecule has 0 aromatic carbocycles. The summed E-state index contributed by atoms with van der Waals surface area (Å²) in [6, 6.07) is 0. The van der Waals surface area contributed by atoms with Crippen molar-refractivity contribution in [1.82, 2.24) is 0 Å². The van der Waals surface area contributed by atoms with Gasteiger partial charge in [-0.3, -0.25) is 0 Å².